The predicted octanol–water partition coefficient (Wildman–Crippen LogP) is 0.255. The molecule has 2 aliphatic heterocycles. The van der Waals surface area contributed by atoms with Crippen LogP contribution in [0.1, 0.15) is 32.6 Å². The summed E-state index contributed by atoms with van der Waals surface area (Å²) in [5.74, 6) is 0. The Hall–Kier alpha value is -0.160. The Balaban J connectivity index is 1.71. The van der Waals surface area contributed by atoms with Crippen molar-refractivity contribution >= 4 is 0 Å². The van der Waals surface area contributed by atoms with Crippen LogP contribution in [0, 0.1) is 0 Å². The first kappa shape index (κ1) is 13.3. The van der Waals surface area contributed by atoms with Crippen LogP contribution in [-0.2, 0) is 0 Å². The molecular weight excluding hydrogens is 214 g/mol. The second kappa shape index (κ2) is 6.14. The summed E-state index contributed by atoms with van der Waals surface area (Å²) in [5.41, 5.74) is 5.92. The van der Waals surface area contributed by atoms with Crippen molar-refractivity contribution in [2.75, 3.05) is 32.7 Å². The van der Waals surface area contributed by atoms with E-state index in [0.717, 1.165) is 58.4 Å². The summed E-state index contributed by atoms with van der Waals surface area (Å²) in [7, 11) is 0. The molecule has 1 atom stereocenters. The quantitative estimate of drug-likeness (QED) is 0.744. The third kappa shape index (κ3) is 3.91. The minimum atomic E-state index is -0.0635. The van der Waals surface area contributed by atoms with Crippen LogP contribution < -0.4 is 5.73 Å². The fourth-order valence-corrected chi connectivity index (χ4v) is 2.95. The Morgan fingerprint density at radius 1 is 1.12 bits per heavy atom. The molecule has 0 aromatic rings. The van der Waals surface area contributed by atoms with Crippen LogP contribution in [0.2, 0.25) is 0 Å². The van der Waals surface area contributed by atoms with Gasteiger partial charge in [0.1, 0.15) is 0 Å². The number of aliphatic hydroxyl groups excluding tert-OH is 1. The van der Waals surface area contributed by atoms with Crippen molar-refractivity contribution in [2.45, 2.75) is 50.8 Å². The molecule has 17 heavy (non-hydrogen) atoms. The third-order valence-corrected chi connectivity index (χ3v) is 4.28. The maximum absolute atomic E-state index is 9.51. The van der Waals surface area contributed by atoms with Gasteiger partial charge in [0.15, 0.2) is 0 Å². The molecule has 0 bridgehead atoms. The SMILES string of the molecule is CC(CN1CCC(N)CC1)N1CCC(O)CC1. The molecule has 0 aromatic carbocycles. The Morgan fingerprint density at radius 3 is 2.29 bits per heavy atom. The molecule has 1 unspecified atom stereocenters. The van der Waals surface area contributed by atoms with Gasteiger partial charge >= 0.3 is 0 Å². The maximum Gasteiger partial charge on any atom is 0.0564 e. The zero-order chi connectivity index (χ0) is 12.3. The van der Waals surface area contributed by atoms with E-state index in [-0.39, 0.29) is 6.10 Å². The number of hydrogen-bond acceptors (Lipinski definition) is 4. The molecule has 2 rings (SSSR count). The van der Waals surface area contributed by atoms with Crippen LogP contribution in [0.3, 0.4) is 0 Å². The fourth-order valence-electron chi connectivity index (χ4n) is 2.95. The molecule has 0 spiro atoms. The van der Waals surface area contributed by atoms with Crippen LogP contribution in [0.4, 0.5) is 0 Å². The third-order valence-electron chi connectivity index (χ3n) is 4.28. The van der Waals surface area contributed by atoms with Crippen molar-refractivity contribution in [3.63, 3.8) is 0 Å². The van der Waals surface area contributed by atoms with E-state index in [2.05, 4.69) is 16.7 Å². The van der Waals surface area contributed by atoms with Gasteiger partial charge in [-0.1, -0.05) is 0 Å². The highest BCUT2D eigenvalue weighted by Crippen LogP contribution is 2.15. The molecule has 100 valence electrons. The monoisotopic (exact) mass is 241 g/mol. The van der Waals surface area contributed by atoms with Gasteiger partial charge in [-0.25, -0.2) is 0 Å². The second-order valence-electron chi connectivity index (χ2n) is 5.75. The van der Waals surface area contributed by atoms with Gasteiger partial charge in [-0.3, -0.25) is 4.90 Å². The molecule has 4 heteroatoms. The molecule has 2 heterocycles. The first-order valence-electron chi connectivity index (χ1n) is 7.05. The minimum absolute atomic E-state index is 0.0635. The highest BCUT2D eigenvalue weighted by molar-refractivity contribution is 4.80. The smallest absolute Gasteiger partial charge is 0.0564 e. The van der Waals surface area contributed by atoms with E-state index in [0.29, 0.717) is 12.1 Å². The molecule has 4 nitrogen and oxygen atoms in total. The van der Waals surface area contributed by atoms with Gasteiger partial charge in [0, 0.05) is 31.7 Å². The average molecular weight is 241 g/mol. The lowest BCUT2D eigenvalue weighted by Gasteiger charge is -2.38. The van der Waals surface area contributed by atoms with Crippen LogP contribution in [0.5, 0.6) is 0 Å². The topological polar surface area (TPSA) is 52.7 Å². The van der Waals surface area contributed by atoms with E-state index in [9.17, 15) is 5.11 Å². The summed E-state index contributed by atoms with van der Waals surface area (Å²) in [5, 5.41) is 9.51. The van der Waals surface area contributed by atoms with Gasteiger partial charge < -0.3 is 15.7 Å². The predicted molar refractivity (Wildman–Crippen MR) is 69.9 cm³/mol. The number of nitrogens with two attached hydrogens (primary N) is 1. The summed E-state index contributed by atoms with van der Waals surface area (Å²) in [6, 6.07) is 1.03. The van der Waals surface area contributed by atoms with Crippen molar-refractivity contribution in [2.24, 2.45) is 5.73 Å². The number of nitrogens with zero attached hydrogens (tertiary/aromatic N) is 2. The molecule has 2 saturated heterocycles. The molecular formula is C13H27N3O. The van der Waals surface area contributed by atoms with E-state index in [1.807, 2.05) is 0 Å². The van der Waals surface area contributed by atoms with Crippen LogP contribution >= 0.6 is 0 Å². The van der Waals surface area contributed by atoms with Gasteiger partial charge in [0.2, 0.25) is 0 Å². The average Bonchev–Trinajstić information content (AvgIpc) is 2.33. The number of likely N-dealkylation sites (tertiary alicyclic amines) is 2. The Morgan fingerprint density at radius 2 is 1.71 bits per heavy atom. The Bertz CT molecular complexity index is 221. The molecule has 2 aliphatic rings. The summed E-state index contributed by atoms with van der Waals surface area (Å²) in [6.45, 7) is 7.88. The summed E-state index contributed by atoms with van der Waals surface area (Å²) < 4.78 is 0. The molecule has 0 radical (unpaired) electrons. The van der Waals surface area contributed by atoms with Crippen molar-refractivity contribution in [3.05, 3.63) is 0 Å². The van der Waals surface area contributed by atoms with E-state index < -0.39 is 0 Å². The molecule has 0 amide bonds. The van der Waals surface area contributed by atoms with Crippen LogP contribution in [0.15, 0.2) is 0 Å². The lowest BCUT2D eigenvalue weighted by Crippen LogP contribution is -2.49. The zero-order valence-electron chi connectivity index (χ0n) is 11.0. The van der Waals surface area contributed by atoms with Crippen molar-refractivity contribution in [1.82, 2.24) is 9.80 Å². The van der Waals surface area contributed by atoms with E-state index in [1.54, 1.807) is 0 Å². The van der Waals surface area contributed by atoms with Crippen molar-refractivity contribution in [1.29, 1.82) is 0 Å². The number of aliphatic hydroxyl groups is 1. The van der Waals surface area contributed by atoms with Crippen LogP contribution in [-0.4, -0.2) is 65.8 Å². The maximum atomic E-state index is 9.51. The van der Waals surface area contributed by atoms with E-state index in [1.165, 1.54) is 0 Å². The van der Waals surface area contributed by atoms with Gasteiger partial charge in [0.05, 0.1) is 6.10 Å². The number of piperidine rings is 2. The number of rotatable bonds is 3. The standard InChI is InChI=1S/C13H27N3O/c1-11(16-8-4-13(17)5-9-16)10-15-6-2-12(14)3-7-15/h11-13,17H,2-10,14H2,1H3. The first-order chi connectivity index (χ1) is 8.15. The normalized spacial score (nSPS) is 28.4. The minimum Gasteiger partial charge on any atom is -0.393 e. The number of hydrogen-bond donors (Lipinski definition) is 2. The molecule has 0 aromatic heterocycles. The highest BCUT2D eigenvalue weighted by Gasteiger charge is 2.24. The summed E-state index contributed by atoms with van der Waals surface area (Å²) in [6.07, 6.45) is 4.10. The van der Waals surface area contributed by atoms with Crippen molar-refractivity contribution in [3.8, 4) is 0 Å². The zero-order valence-corrected chi connectivity index (χ0v) is 11.0. The Labute approximate surface area is 105 Å². The largest absolute Gasteiger partial charge is 0.393 e. The summed E-state index contributed by atoms with van der Waals surface area (Å²) >= 11 is 0. The fraction of sp³-hybridized carbons (Fsp3) is 1.00. The summed E-state index contributed by atoms with van der Waals surface area (Å²) in [4.78, 5) is 5.06. The molecule has 3 N–H and O–H groups in total. The molecule has 0 saturated carbocycles. The molecule has 0 aliphatic carbocycles. The van der Waals surface area contributed by atoms with E-state index >= 15 is 0 Å². The lowest BCUT2D eigenvalue weighted by molar-refractivity contribution is 0.0507. The second-order valence-corrected chi connectivity index (χ2v) is 5.75. The first-order valence-corrected chi connectivity index (χ1v) is 7.05. The van der Waals surface area contributed by atoms with Gasteiger partial charge in [-0.15, -0.1) is 0 Å². The highest BCUT2D eigenvalue weighted by atomic mass is 16.3. The van der Waals surface area contributed by atoms with Gasteiger partial charge in [0.25, 0.3) is 0 Å². The van der Waals surface area contributed by atoms with Gasteiger partial charge in [-0.05, 0) is 45.7 Å². The van der Waals surface area contributed by atoms with Crippen molar-refractivity contribution < 1.29 is 5.11 Å². The Kier molecular flexibility index (Phi) is 4.79. The van der Waals surface area contributed by atoms with E-state index in [4.69, 9.17) is 5.73 Å². The van der Waals surface area contributed by atoms with Gasteiger partial charge in [-0.2, -0.15) is 0 Å². The van der Waals surface area contributed by atoms with Crippen LogP contribution in [0.25, 0.3) is 0 Å². The lowest BCUT2D eigenvalue weighted by atomic mass is 10.0. The molecule has 2 fully saturated rings.